The molecule has 0 bridgehead atoms. The van der Waals surface area contributed by atoms with Crippen molar-refractivity contribution >= 4 is 23.0 Å². The van der Waals surface area contributed by atoms with E-state index in [1.54, 1.807) is 0 Å². The molecule has 0 amide bonds. The fourth-order valence-corrected chi connectivity index (χ4v) is 2.96. The number of hydrogen-bond donors (Lipinski definition) is 0. The highest BCUT2D eigenvalue weighted by atomic mass is 16.6. The maximum absolute atomic E-state index is 11.5. The first-order valence-corrected chi connectivity index (χ1v) is 7.50. The number of nitro groups is 2. The van der Waals surface area contributed by atoms with E-state index >= 15 is 0 Å². The average molecular weight is 349 g/mol. The number of nitrogens with zero attached hydrogens (tertiary/aromatic N) is 3. The molecule has 134 valence electrons. The third-order valence-electron chi connectivity index (χ3n) is 3.78. The fourth-order valence-electron chi connectivity index (χ4n) is 2.96. The molecule has 0 heterocycles. The van der Waals surface area contributed by atoms with Crippen molar-refractivity contribution in [3.63, 3.8) is 0 Å². The molecule has 0 aliphatic carbocycles. The van der Waals surface area contributed by atoms with Crippen LogP contribution in [0.1, 0.15) is 23.7 Å². The first-order chi connectivity index (χ1) is 11.7. The van der Waals surface area contributed by atoms with Crippen LogP contribution in [0.2, 0.25) is 0 Å². The summed E-state index contributed by atoms with van der Waals surface area (Å²) in [6.45, 7) is 9.84. The summed E-state index contributed by atoms with van der Waals surface area (Å²) in [5.74, 6) is -1.72. The molecular formula is C16H19N3O6. The second-order valence-corrected chi connectivity index (χ2v) is 5.48. The van der Waals surface area contributed by atoms with Crippen LogP contribution in [-0.4, -0.2) is 35.5 Å². The smallest absolute Gasteiger partial charge is 0.337 e. The highest BCUT2D eigenvalue weighted by molar-refractivity contribution is 5.91. The molecule has 1 aromatic carbocycles. The molecule has 25 heavy (non-hydrogen) atoms. The second kappa shape index (κ2) is 8.15. The number of hydrogen-bond acceptors (Lipinski definition) is 6. The molecule has 0 saturated heterocycles. The number of carboxylic acid groups (broad SMARTS) is 1. The molecule has 0 aromatic heterocycles. The Kier molecular flexibility index (Phi) is 6.52. The van der Waals surface area contributed by atoms with Gasteiger partial charge < -0.3 is 9.90 Å². The molecule has 9 nitrogen and oxygen atoms in total. The van der Waals surface area contributed by atoms with Crippen molar-refractivity contribution in [2.24, 2.45) is 0 Å². The van der Waals surface area contributed by atoms with E-state index < -0.39 is 32.8 Å². The normalized spacial score (nSPS) is 10.9. The lowest BCUT2D eigenvalue weighted by atomic mass is 10.1. The number of carbonyl (C=O) groups is 1. The zero-order valence-corrected chi connectivity index (χ0v) is 13.8. The van der Waals surface area contributed by atoms with E-state index in [9.17, 15) is 30.1 Å². The molecule has 0 N–H and O–H groups in total. The third kappa shape index (κ3) is 4.07. The van der Waals surface area contributed by atoms with Gasteiger partial charge in [-0.1, -0.05) is 20.1 Å². The molecule has 9 heteroatoms. The highest BCUT2D eigenvalue weighted by Crippen LogP contribution is 2.43. The van der Waals surface area contributed by atoms with Crippen LogP contribution in [0.15, 0.2) is 37.4 Å². The van der Waals surface area contributed by atoms with Crippen molar-refractivity contribution in [3.8, 4) is 0 Å². The number of carbonyl (C=O) groups excluding carboxylic acids is 1. The Hall–Kier alpha value is -3.07. The summed E-state index contributed by atoms with van der Waals surface area (Å²) >= 11 is 0. The van der Waals surface area contributed by atoms with E-state index in [0.29, 0.717) is 13.0 Å². The molecule has 0 spiro atoms. The van der Waals surface area contributed by atoms with Crippen molar-refractivity contribution in [1.29, 1.82) is 0 Å². The van der Waals surface area contributed by atoms with Gasteiger partial charge in [0.1, 0.15) is 13.1 Å². The van der Waals surface area contributed by atoms with Gasteiger partial charge in [-0.2, -0.15) is 0 Å². The van der Waals surface area contributed by atoms with Gasteiger partial charge in [-0.15, -0.1) is 0 Å². The maximum atomic E-state index is 11.5. The van der Waals surface area contributed by atoms with E-state index in [2.05, 4.69) is 13.2 Å². The van der Waals surface area contributed by atoms with Crippen molar-refractivity contribution in [1.82, 2.24) is 4.48 Å². The van der Waals surface area contributed by atoms with Crippen LogP contribution in [0.5, 0.6) is 0 Å². The fraction of sp³-hybridized carbons (Fsp3) is 0.312. The predicted octanol–water partition coefficient (Wildman–Crippen LogP) is 1.96. The second-order valence-electron chi connectivity index (χ2n) is 5.48. The van der Waals surface area contributed by atoms with E-state index in [0.717, 1.165) is 12.1 Å². The maximum Gasteiger partial charge on any atom is 0.337 e. The van der Waals surface area contributed by atoms with Crippen LogP contribution in [0.4, 0.5) is 17.1 Å². The lowest BCUT2D eigenvalue weighted by molar-refractivity contribution is -0.394. The quantitative estimate of drug-likeness (QED) is 0.275. The summed E-state index contributed by atoms with van der Waals surface area (Å²) in [6.07, 6.45) is 3.61. The highest BCUT2D eigenvalue weighted by Gasteiger charge is 2.43. The van der Waals surface area contributed by atoms with Gasteiger partial charge in [0.15, 0.2) is 0 Å². The Morgan fingerprint density at radius 2 is 1.56 bits per heavy atom. The molecular weight excluding hydrogens is 330 g/mol. The van der Waals surface area contributed by atoms with Gasteiger partial charge >= 0.3 is 11.4 Å². The predicted molar refractivity (Wildman–Crippen MR) is 91.2 cm³/mol. The Bertz CT molecular complexity index is 684. The van der Waals surface area contributed by atoms with Gasteiger partial charge in [-0.3, -0.25) is 24.7 Å². The van der Waals surface area contributed by atoms with Crippen molar-refractivity contribution in [2.45, 2.75) is 13.3 Å². The van der Waals surface area contributed by atoms with E-state index in [1.165, 1.54) is 12.2 Å². The minimum Gasteiger partial charge on any atom is -0.545 e. The van der Waals surface area contributed by atoms with Crippen molar-refractivity contribution < 1.29 is 19.7 Å². The molecule has 0 fully saturated rings. The summed E-state index contributed by atoms with van der Waals surface area (Å²) in [5, 5.41) is 34.2. The van der Waals surface area contributed by atoms with Gasteiger partial charge in [0.05, 0.1) is 22.4 Å². The Labute approximate surface area is 144 Å². The topological polar surface area (TPSA) is 126 Å². The molecule has 1 aromatic rings. The molecule has 0 aliphatic heterocycles. The number of quaternary nitrogens is 1. The van der Waals surface area contributed by atoms with Gasteiger partial charge in [0.2, 0.25) is 0 Å². The first-order valence-electron chi connectivity index (χ1n) is 7.50. The average Bonchev–Trinajstić information content (AvgIpc) is 2.53. The zero-order chi connectivity index (χ0) is 19.2. The molecule has 0 unspecified atom stereocenters. The minimum atomic E-state index is -1.72. The lowest BCUT2D eigenvalue weighted by Crippen LogP contribution is -2.50. The van der Waals surface area contributed by atoms with E-state index in [-0.39, 0.29) is 23.3 Å². The summed E-state index contributed by atoms with van der Waals surface area (Å²) in [4.78, 5) is 32.5. The first kappa shape index (κ1) is 20.0. The molecule has 0 atom stereocenters. The Morgan fingerprint density at radius 1 is 1.12 bits per heavy atom. The molecule has 0 aliphatic rings. The number of aromatic carboxylic acids is 1. The minimum absolute atomic E-state index is 0.149. The molecule has 1 rings (SSSR count). The van der Waals surface area contributed by atoms with Crippen molar-refractivity contribution in [3.05, 3.63) is 63.2 Å². The monoisotopic (exact) mass is 349 g/mol. The summed E-state index contributed by atoms with van der Waals surface area (Å²) < 4.78 is -0.149. The number of benzene rings is 1. The summed E-state index contributed by atoms with van der Waals surface area (Å²) in [5.41, 5.74) is -2.05. The van der Waals surface area contributed by atoms with E-state index in [1.807, 2.05) is 6.92 Å². The standard InChI is InChI=1S/C16H19N3O6/c1-4-7-19(8-5-2,9-6-3)15-13(17(22)23)10-12(16(20)21)11-14(15)18(24)25/h4-5,10-11H,1-2,6-9H2,3H3. The van der Waals surface area contributed by atoms with Crippen LogP contribution in [-0.2, 0) is 0 Å². The Morgan fingerprint density at radius 3 is 1.84 bits per heavy atom. The lowest BCUT2D eigenvalue weighted by Gasteiger charge is -2.35. The molecule has 0 radical (unpaired) electrons. The summed E-state index contributed by atoms with van der Waals surface area (Å²) in [7, 11) is 0. The van der Waals surface area contributed by atoms with Gasteiger partial charge in [0.25, 0.3) is 5.69 Å². The largest absolute Gasteiger partial charge is 0.545 e. The third-order valence-corrected chi connectivity index (χ3v) is 3.78. The Balaban J connectivity index is 3.98. The van der Waals surface area contributed by atoms with Crippen LogP contribution in [0, 0.1) is 20.2 Å². The van der Waals surface area contributed by atoms with Crippen LogP contribution < -0.4 is 9.59 Å². The summed E-state index contributed by atoms with van der Waals surface area (Å²) in [6, 6.07) is 1.60. The number of nitro benzene ring substituents is 2. The van der Waals surface area contributed by atoms with Gasteiger partial charge in [-0.05, 0) is 18.6 Å². The van der Waals surface area contributed by atoms with Crippen LogP contribution in [0.25, 0.3) is 0 Å². The van der Waals surface area contributed by atoms with E-state index in [4.69, 9.17) is 0 Å². The van der Waals surface area contributed by atoms with Gasteiger partial charge in [-0.25, -0.2) is 0 Å². The zero-order valence-electron chi connectivity index (χ0n) is 13.8. The SMILES string of the molecule is C=CC[N+](CC=C)(CCC)c1c([N+](=O)[O-])cc(C(=O)[O-])cc1[N+](=O)[O-]. The molecule has 0 saturated carbocycles. The number of carboxylic acids is 1. The number of rotatable bonds is 10. The van der Waals surface area contributed by atoms with Gasteiger partial charge in [0, 0.05) is 17.7 Å². The van der Waals surface area contributed by atoms with Crippen LogP contribution in [0.3, 0.4) is 0 Å². The van der Waals surface area contributed by atoms with Crippen molar-refractivity contribution in [2.75, 3.05) is 19.6 Å². The van der Waals surface area contributed by atoms with Crippen LogP contribution >= 0.6 is 0 Å².